The minimum absolute atomic E-state index is 0.146. The van der Waals surface area contributed by atoms with E-state index in [0.29, 0.717) is 23.7 Å². The molecule has 1 N–H and O–H groups in total. The molecular weight excluding hydrogens is 434 g/mol. The van der Waals surface area contributed by atoms with Crippen LogP contribution in [0.3, 0.4) is 0 Å². The smallest absolute Gasteiger partial charge is 0.251 e. The lowest BCUT2D eigenvalue weighted by molar-refractivity contribution is 0.0949. The summed E-state index contributed by atoms with van der Waals surface area (Å²) in [4.78, 5) is 17.3. The molecule has 1 heterocycles. The summed E-state index contributed by atoms with van der Waals surface area (Å²) in [5.74, 6) is 1.65. The van der Waals surface area contributed by atoms with Crippen LogP contribution in [0.25, 0.3) is 11.0 Å². The number of imidazole rings is 1. The third-order valence-corrected chi connectivity index (χ3v) is 6.09. The number of carbonyl (C=O) groups excluding carboxylic acids is 1. The Morgan fingerprint density at radius 2 is 1.79 bits per heavy atom. The molecule has 1 amide bonds. The molecule has 0 aliphatic carbocycles. The molecule has 3 aromatic carbocycles. The molecule has 1 aromatic heterocycles. The minimum atomic E-state index is -0.146. The highest BCUT2D eigenvalue weighted by Crippen LogP contribution is 2.21. The van der Waals surface area contributed by atoms with Gasteiger partial charge in [-0.3, -0.25) is 4.79 Å². The van der Waals surface area contributed by atoms with Gasteiger partial charge in [-0.05, 0) is 80.3 Å². The number of nitrogens with one attached hydrogen (secondary N) is 1. The summed E-state index contributed by atoms with van der Waals surface area (Å²) in [5.41, 5.74) is 5.01. The van der Waals surface area contributed by atoms with Crippen molar-refractivity contribution in [3.63, 3.8) is 0 Å². The molecule has 4 rings (SSSR count). The molecule has 33 heavy (non-hydrogen) atoms. The molecule has 0 aliphatic heterocycles. The summed E-state index contributed by atoms with van der Waals surface area (Å²) in [6, 6.07) is 21.1. The van der Waals surface area contributed by atoms with Gasteiger partial charge < -0.3 is 14.6 Å². The van der Waals surface area contributed by atoms with E-state index in [1.54, 1.807) is 24.3 Å². The standard InChI is InChI=1S/C27H28ClN3O2/c1-19-8-7-11-25(20(19)2)33-17-6-5-16-31-24-10-4-3-9-23(24)30-26(31)18-29-27(32)21-12-14-22(28)15-13-21/h3-4,7-15H,5-6,16-18H2,1-2H3,(H,29,32). The number of aryl methyl sites for hydroxylation is 2. The van der Waals surface area contributed by atoms with Crippen LogP contribution < -0.4 is 10.1 Å². The molecule has 4 aromatic rings. The predicted molar refractivity (Wildman–Crippen MR) is 133 cm³/mol. The fraction of sp³-hybridized carbons (Fsp3) is 0.259. The van der Waals surface area contributed by atoms with Gasteiger partial charge in [0.15, 0.2) is 0 Å². The number of amides is 1. The molecule has 0 unspecified atom stereocenters. The highest BCUT2D eigenvalue weighted by molar-refractivity contribution is 6.30. The molecule has 0 atom stereocenters. The molecule has 0 spiro atoms. The highest BCUT2D eigenvalue weighted by Gasteiger charge is 2.12. The zero-order valence-electron chi connectivity index (χ0n) is 19.0. The summed E-state index contributed by atoms with van der Waals surface area (Å²) in [5, 5.41) is 3.59. The van der Waals surface area contributed by atoms with Gasteiger partial charge in [-0.1, -0.05) is 35.9 Å². The average Bonchev–Trinajstić information content (AvgIpc) is 3.18. The number of aromatic nitrogens is 2. The van der Waals surface area contributed by atoms with E-state index in [0.717, 1.165) is 42.0 Å². The molecule has 0 saturated carbocycles. The monoisotopic (exact) mass is 461 g/mol. The number of hydrogen-bond donors (Lipinski definition) is 1. The van der Waals surface area contributed by atoms with Crippen LogP contribution in [-0.2, 0) is 13.1 Å². The number of ether oxygens (including phenoxy) is 1. The lowest BCUT2D eigenvalue weighted by Gasteiger charge is -2.12. The Hall–Kier alpha value is -3.31. The van der Waals surface area contributed by atoms with Crippen molar-refractivity contribution in [3.05, 3.63) is 94.3 Å². The second kappa shape index (κ2) is 10.5. The van der Waals surface area contributed by atoms with E-state index in [1.807, 2.05) is 30.3 Å². The Bertz CT molecular complexity index is 1250. The molecule has 0 bridgehead atoms. The quantitative estimate of drug-likeness (QED) is 0.306. The van der Waals surface area contributed by atoms with Crippen LogP contribution in [0.4, 0.5) is 0 Å². The maximum atomic E-state index is 12.5. The summed E-state index contributed by atoms with van der Waals surface area (Å²) in [6.07, 6.45) is 1.87. The maximum Gasteiger partial charge on any atom is 0.251 e. The third kappa shape index (κ3) is 5.55. The lowest BCUT2D eigenvalue weighted by Crippen LogP contribution is -2.24. The van der Waals surface area contributed by atoms with E-state index < -0.39 is 0 Å². The van der Waals surface area contributed by atoms with Crippen molar-refractivity contribution in [2.45, 2.75) is 39.8 Å². The molecule has 170 valence electrons. The first-order valence-electron chi connectivity index (χ1n) is 11.2. The lowest BCUT2D eigenvalue weighted by atomic mass is 10.1. The summed E-state index contributed by atoms with van der Waals surface area (Å²) < 4.78 is 8.19. The van der Waals surface area contributed by atoms with E-state index in [4.69, 9.17) is 21.3 Å². The van der Waals surface area contributed by atoms with E-state index in [9.17, 15) is 4.79 Å². The first-order valence-corrected chi connectivity index (χ1v) is 11.6. The largest absolute Gasteiger partial charge is 0.493 e. The van der Waals surface area contributed by atoms with E-state index in [2.05, 4.69) is 35.9 Å². The Kier molecular flexibility index (Phi) is 7.30. The van der Waals surface area contributed by atoms with E-state index in [1.165, 1.54) is 11.1 Å². The van der Waals surface area contributed by atoms with Crippen molar-refractivity contribution in [2.75, 3.05) is 6.61 Å². The van der Waals surface area contributed by atoms with Crippen LogP contribution in [-0.4, -0.2) is 22.1 Å². The molecular formula is C27H28ClN3O2. The maximum absolute atomic E-state index is 12.5. The number of carbonyl (C=O) groups is 1. The zero-order chi connectivity index (χ0) is 23.2. The molecule has 5 nitrogen and oxygen atoms in total. The topological polar surface area (TPSA) is 56.1 Å². The molecule has 0 aliphatic rings. The SMILES string of the molecule is Cc1cccc(OCCCCn2c(CNC(=O)c3ccc(Cl)cc3)nc3ccccc32)c1C. The fourth-order valence-corrected chi connectivity index (χ4v) is 3.93. The molecule has 0 saturated heterocycles. The van der Waals surface area contributed by atoms with E-state index in [-0.39, 0.29) is 5.91 Å². The minimum Gasteiger partial charge on any atom is -0.493 e. The van der Waals surface area contributed by atoms with Gasteiger partial charge in [0.2, 0.25) is 0 Å². The van der Waals surface area contributed by atoms with Crippen LogP contribution >= 0.6 is 11.6 Å². The van der Waals surface area contributed by atoms with Crippen molar-refractivity contribution < 1.29 is 9.53 Å². The number of benzene rings is 3. The average molecular weight is 462 g/mol. The number of rotatable bonds is 9. The van der Waals surface area contributed by atoms with Gasteiger partial charge in [0.25, 0.3) is 5.91 Å². The van der Waals surface area contributed by atoms with Gasteiger partial charge in [-0.2, -0.15) is 0 Å². The molecule has 0 radical (unpaired) electrons. The van der Waals surface area contributed by atoms with Crippen LogP contribution in [0.15, 0.2) is 66.7 Å². The second-order valence-corrected chi connectivity index (χ2v) is 8.55. The van der Waals surface area contributed by atoms with Gasteiger partial charge in [0.05, 0.1) is 24.2 Å². The van der Waals surface area contributed by atoms with Crippen LogP contribution in [0.1, 0.15) is 40.2 Å². The fourth-order valence-electron chi connectivity index (χ4n) is 3.81. The Morgan fingerprint density at radius 1 is 1.00 bits per heavy atom. The highest BCUT2D eigenvalue weighted by atomic mass is 35.5. The molecule has 0 fully saturated rings. The van der Waals surface area contributed by atoms with E-state index >= 15 is 0 Å². The van der Waals surface area contributed by atoms with Crippen molar-refractivity contribution in [2.24, 2.45) is 0 Å². The van der Waals surface area contributed by atoms with Crippen LogP contribution in [0.5, 0.6) is 5.75 Å². The van der Waals surface area contributed by atoms with Crippen LogP contribution in [0, 0.1) is 13.8 Å². The Balaban J connectivity index is 1.38. The summed E-state index contributed by atoms with van der Waals surface area (Å²) in [6.45, 7) is 6.02. The number of fused-ring (bicyclic) bond motifs is 1. The number of nitrogens with zero attached hydrogens (tertiary/aromatic N) is 2. The Labute approximate surface area is 199 Å². The first kappa shape index (κ1) is 22.9. The second-order valence-electron chi connectivity index (χ2n) is 8.11. The van der Waals surface area contributed by atoms with Gasteiger partial charge in [0, 0.05) is 17.1 Å². The summed E-state index contributed by atoms with van der Waals surface area (Å²) in [7, 11) is 0. The number of halogens is 1. The van der Waals surface area contributed by atoms with Gasteiger partial charge in [-0.15, -0.1) is 0 Å². The normalized spacial score (nSPS) is 11.0. The zero-order valence-corrected chi connectivity index (χ0v) is 19.7. The van der Waals surface area contributed by atoms with Gasteiger partial charge >= 0.3 is 0 Å². The molecule has 6 heteroatoms. The third-order valence-electron chi connectivity index (χ3n) is 5.84. The van der Waals surface area contributed by atoms with Crippen molar-refractivity contribution in [1.82, 2.24) is 14.9 Å². The van der Waals surface area contributed by atoms with Crippen molar-refractivity contribution >= 4 is 28.5 Å². The van der Waals surface area contributed by atoms with Crippen molar-refractivity contribution in [1.29, 1.82) is 0 Å². The number of unbranched alkanes of at least 4 members (excludes halogenated alkanes) is 1. The first-order chi connectivity index (χ1) is 16.0. The predicted octanol–water partition coefficient (Wildman–Crippen LogP) is 6.10. The Morgan fingerprint density at radius 3 is 2.61 bits per heavy atom. The van der Waals surface area contributed by atoms with Gasteiger partial charge in [-0.25, -0.2) is 4.98 Å². The number of hydrogen-bond acceptors (Lipinski definition) is 3. The van der Waals surface area contributed by atoms with Gasteiger partial charge in [0.1, 0.15) is 11.6 Å². The summed E-state index contributed by atoms with van der Waals surface area (Å²) >= 11 is 5.92. The van der Waals surface area contributed by atoms with Crippen LogP contribution in [0.2, 0.25) is 5.02 Å². The number of para-hydroxylation sites is 2. The van der Waals surface area contributed by atoms with Crippen molar-refractivity contribution in [3.8, 4) is 5.75 Å².